The molecule has 0 aliphatic rings. The van der Waals surface area contributed by atoms with Gasteiger partial charge >= 0.3 is 0 Å². The lowest BCUT2D eigenvalue weighted by Gasteiger charge is -2.07. The van der Waals surface area contributed by atoms with Crippen molar-refractivity contribution >= 4 is 23.2 Å². The molecule has 0 unspecified atom stereocenters. The molecule has 2 aromatic carbocycles. The van der Waals surface area contributed by atoms with Crippen LogP contribution in [0.4, 0.5) is 5.69 Å². The number of anilines is 1. The average molecular weight is 358 g/mol. The second-order valence-corrected chi connectivity index (χ2v) is 5.84. The van der Waals surface area contributed by atoms with Gasteiger partial charge in [-0.1, -0.05) is 17.7 Å². The Hall–Kier alpha value is -2.99. The number of nitrogens with zero attached hydrogens (tertiary/aromatic N) is 2. The molecule has 0 aliphatic carbocycles. The van der Waals surface area contributed by atoms with E-state index in [4.69, 9.17) is 16.3 Å². The molecule has 7 heteroatoms. The van der Waals surface area contributed by atoms with Crippen molar-refractivity contribution in [2.24, 2.45) is 0 Å². The third-order valence-corrected chi connectivity index (χ3v) is 3.89. The summed E-state index contributed by atoms with van der Waals surface area (Å²) in [6.07, 6.45) is 1.65. The number of aromatic nitrogens is 2. The summed E-state index contributed by atoms with van der Waals surface area (Å²) in [7, 11) is 0. The van der Waals surface area contributed by atoms with Crippen molar-refractivity contribution in [3.05, 3.63) is 71.0 Å². The summed E-state index contributed by atoms with van der Waals surface area (Å²) in [4.78, 5) is 12.2. The number of rotatable bonds is 5. The minimum absolute atomic E-state index is 0.0787. The minimum Gasteiger partial charge on any atom is -0.508 e. The summed E-state index contributed by atoms with van der Waals surface area (Å²) >= 11 is 5.98. The minimum atomic E-state index is -0.369. The maximum atomic E-state index is 12.2. The first-order valence-corrected chi connectivity index (χ1v) is 7.92. The molecule has 25 heavy (non-hydrogen) atoms. The molecule has 2 N–H and O–H groups in total. The van der Waals surface area contributed by atoms with E-state index < -0.39 is 0 Å². The zero-order valence-electron chi connectivity index (χ0n) is 13.4. The van der Waals surface area contributed by atoms with Gasteiger partial charge in [0, 0.05) is 23.0 Å². The number of aryl methyl sites for hydroxylation is 1. The Morgan fingerprint density at radius 1 is 1.28 bits per heavy atom. The summed E-state index contributed by atoms with van der Waals surface area (Å²) in [5.74, 6) is 0.379. The van der Waals surface area contributed by atoms with E-state index in [1.54, 1.807) is 36.5 Å². The van der Waals surface area contributed by atoms with Crippen LogP contribution in [0.3, 0.4) is 0 Å². The number of amides is 1. The Balaban J connectivity index is 1.61. The van der Waals surface area contributed by atoms with E-state index in [-0.39, 0.29) is 24.1 Å². The maximum absolute atomic E-state index is 12.2. The third kappa shape index (κ3) is 4.30. The Kier molecular flexibility index (Phi) is 4.90. The zero-order valence-corrected chi connectivity index (χ0v) is 14.2. The van der Waals surface area contributed by atoms with E-state index in [2.05, 4.69) is 10.4 Å². The van der Waals surface area contributed by atoms with Gasteiger partial charge in [0.2, 0.25) is 0 Å². The van der Waals surface area contributed by atoms with Crippen LogP contribution in [-0.2, 0) is 6.73 Å². The standard InChI is InChI=1S/C18H16ClN3O3/c1-12-9-15(5-6-16(12)19)25-11-22-8-7-17(21-22)18(24)20-13-3-2-4-14(23)10-13/h2-10,23H,11H2,1H3,(H,20,24). The van der Waals surface area contributed by atoms with Gasteiger partial charge in [-0.15, -0.1) is 0 Å². The lowest BCUT2D eigenvalue weighted by atomic mass is 10.2. The fourth-order valence-corrected chi connectivity index (χ4v) is 2.30. The first-order valence-electron chi connectivity index (χ1n) is 7.54. The maximum Gasteiger partial charge on any atom is 0.276 e. The van der Waals surface area contributed by atoms with Crippen LogP contribution in [0.5, 0.6) is 11.5 Å². The number of ether oxygens (including phenoxy) is 1. The molecule has 3 rings (SSSR count). The van der Waals surface area contributed by atoms with Crippen molar-refractivity contribution in [1.82, 2.24) is 9.78 Å². The Labute approximate surface area is 149 Å². The van der Waals surface area contributed by atoms with Crippen LogP contribution in [0.15, 0.2) is 54.7 Å². The number of hydrogen-bond acceptors (Lipinski definition) is 4. The molecule has 0 bridgehead atoms. The van der Waals surface area contributed by atoms with Crippen molar-refractivity contribution in [3.63, 3.8) is 0 Å². The van der Waals surface area contributed by atoms with Gasteiger partial charge in [0.05, 0.1) is 0 Å². The van der Waals surface area contributed by atoms with Crippen molar-refractivity contribution in [2.45, 2.75) is 13.7 Å². The number of carbonyl (C=O) groups excluding carboxylic acids is 1. The number of aromatic hydroxyl groups is 1. The number of benzene rings is 2. The van der Waals surface area contributed by atoms with Crippen LogP contribution in [0, 0.1) is 6.92 Å². The highest BCUT2D eigenvalue weighted by Gasteiger charge is 2.10. The third-order valence-electron chi connectivity index (χ3n) is 3.47. The second kappa shape index (κ2) is 7.27. The van der Waals surface area contributed by atoms with E-state index in [1.165, 1.54) is 16.8 Å². The van der Waals surface area contributed by atoms with Crippen molar-refractivity contribution in [1.29, 1.82) is 0 Å². The molecule has 128 valence electrons. The summed E-state index contributed by atoms with van der Waals surface area (Å²) in [6, 6.07) is 13.3. The van der Waals surface area contributed by atoms with Gasteiger partial charge < -0.3 is 15.2 Å². The summed E-state index contributed by atoms with van der Waals surface area (Å²) in [5, 5.41) is 16.9. The van der Waals surface area contributed by atoms with Crippen molar-refractivity contribution < 1.29 is 14.6 Å². The molecular formula is C18H16ClN3O3. The SMILES string of the molecule is Cc1cc(OCn2ccc(C(=O)Nc3cccc(O)c3)n2)ccc1Cl. The molecule has 3 aromatic rings. The first kappa shape index (κ1) is 16.9. The number of phenolic OH excluding ortho intramolecular Hbond substituents is 1. The summed E-state index contributed by atoms with van der Waals surface area (Å²) < 4.78 is 7.15. The summed E-state index contributed by atoms with van der Waals surface area (Å²) in [5.41, 5.74) is 1.66. The highest BCUT2D eigenvalue weighted by molar-refractivity contribution is 6.31. The average Bonchev–Trinajstić information content (AvgIpc) is 3.05. The predicted molar refractivity (Wildman–Crippen MR) is 95.1 cm³/mol. The lowest BCUT2D eigenvalue weighted by Crippen LogP contribution is -2.14. The van der Waals surface area contributed by atoms with Crippen molar-refractivity contribution in [3.8, 4) is 11.5 Å². The number of halogens is 1. The van der Waals surface area contributed by atoms with Crippen LogP contribution in [-0.4, -0.2) is 20.8 Å². The van der Waals surface area contributed by atoms with Crippen LogP contribution in [0.25, 0.3) is 0 Å². The van der Waals surface area contributed by atoms with Crippen LogP contribution in [0.1, 0.15) is 16.1 Å². The molecule has 1 heterocycles. The van der Waals surface area contributed by atoms with Crippen LogP contribution < -0.4 is 10.1 Å². The molecule has 0 atom stereocenters. The number of nitrogens with one attached hydrogen (secondary N) is 1. The fraction of sp³-hybridized carbons (Fsp3) is 0.111. The summed E-state index contributed by atoms with van der Waals surface area (Å²) in [6.45, 7) is 2.06. The number of carbonyl (C=O) groups is 1. The highest BCUT2D eigenvalue weighted by atomic mass is 35.5. The van der Waals surface area contributed by atoms with E-state index in [9.17, 15) is 9.90 Å². The van der Waals surface area contributed by atoms with Gasteiger partial charge in [-0.05, 0) is 48.9 Å². The second-order valence-electron chi connectivity index (χ2n) is 5.43. The van der Waals surface area contributed by atoms with Gasteiger partial charge in [-0.3, -0.25) is 4.79 Å². The Bertz CT molecular complexity index is 908. The van der Waals surface area contributed by atoms with Gasteiger partial charge in [0.1, 0.15) is 11.5 Å². The molecule has 0 fully saturated rings. The zero-order chi connectivity index (χ0) is 17.8. The topological polar surface area (TPSA) is 76.4 Å². The molecule has 0 saturated carbocycles. The normalized spacial score (nSPS) is 10.5. The van der Waals surface area contributed by atoms with E-state index in [0.717, 1.165) is 5.56 Å². The van der Waals surface area contributed by atoms with Gasteiger partial charge in [-0.2, -0.15) is 5.10 Å². The smallest absolute Gasteiger partial charge is 0.276 e. The number of phenols is 1. The van der Waals surface area contributed by atoms with Gasteiger partial charge in [0.15, 0.2) is 12.4 Å². The monoisotopic (exact) mass is 357 g/mol. The van der Waals surface area contributed by atoms with Gasteiger partial charge in [0.25, 0.3) is 5.91 Å². The number of hydrogen-bond donors (Lipinski definition) is 2. The largest absolute Gasteiger partial charge is 0.508 e. The van der Waals surface area contributed by atoms with E-state index in [0.29, 0.717) is 16.5 Å². The van der Waals surface area contributed by atoms with Gasteiger partial charge in [-0.25, -0.2) is 4.68 Å². The fourth-order valence-electron chi connectivity index (χ4n) is 2.18. The quantitative estimate of drug-likeness (QED) is 0.727. The molecule has 0 aliphatic heterocycles. The lowest BCUT2D eigenvalue weighted by molar-refractivity contribution is 0.102. The predicted octanol–water partition coefficient (Wildman–Crippen LogP) is 3.84. The molecule has 0 spiro atoms. The Morgan fingerprint density at radius 3 is 2.88 bits per heavy atom. The molecule has 1 aromatic heterocycles. The molecule has 0 saturated heterocycles. The highest BCUT2D eigenvalue weighted by Crippen LogP contribution is 2.21. The van der Waals surface area contributed by atoms with Crippen LogP contribution in [0.2, 0.25) is 5.02 Å². The first-order chi connectivity index (χ1) is 12.0. The molecule has 0 radical (unpaired) electrons. The van der Waals surface area contributed by atoms with Crippen molar-refractivity contribution in [2.75, 3.05) is 5.32 Å². The molecule has 1 amide bonds. The molecule has 6 nitrogen and oxygen atoms in total. The van der Waals surface area contributed by atoms with E-state index >= 15 is 0 Å². The van der Waals surface area contributed by atoms with Crippen LogP contribution >= 0.6 is 11.6 Å². The Morgan fingerprint density at radius 2 is 2.12 bits per heavy atom. The molecular weight excluding hydrogens is 342 g/mol. The van der Waals surface area contributed by atoms with E-state index in [1.807, 2.05) is 13.0 Å².